The molecule has 0 saturated heterocycles. The van der Waals surface area contributed by atoms with E-state index in [0.29, 0.717) is 6.54 Å². The maximum Gasteiger partial charge on any atom is 0.137 e. The number of phenolic OH excluding ortho intramolecular Hbond substituents is 1. The average molecular weight is 189 g/mol. The van der Waals surface area contributed by atoms with Gasteiger partial charge in [-0.2, -0.15) is 0 Å². The molecule has 72 valence electrons. The van der Waals surface area contributed by atoms with Gasteiger partial charge in [0.25, 0.3) is 0 Å². The van der Waals surface area contributed by atoms with E-state index in [1.54, 1.807) is 30.5 Å². The number of hydrogen-bond donors (Lipinski definition) is 3. The fraction of sp³-hybridized carbons (Fsp3) is 0.100. The SMILES string of the molecule is NCc1cnc(-c2ccc(O)cc2)[nH]1. The maximum atomic E-state index is 9.10. The number of phenols is 1. The van der Waals surface area contributed by atoms with Gasteiger partial charge < -0.3 is 15.8 Å². The lowest BCUT2D eigenvalue weighted by atomic mass is 10.2. The van der Waals surface area contributed by atoms with Crippen LogP contribution in [0.25, 0.3) is 11.4 Å². The Kier molecular flexibility index (Phi) is 2.20. The molecule has 0 spiro atoms. The van der Waals surface area contributed by atoms with Crippen LogP contribution >= 0.6 is 0 Å². The summed E-state index contributed by atoms with van der Waals surface area (Å²) in [6.07, 6.45) is 1.71. The van der Waals surface area contributed by atoms with Gasteiger partial charge in [-0.25, -0.2) is 4.98 Å². The van der Waals surface area contributed by atoms with E-state index in [4.69, 9.17) is 10.8 Å². The second kappa shape index (κ2) is 3.51. The van der Waals surface area contributed by atoms with Crippen LogP contribution in [-0.4, -0.2) is 15.1 Å². The molecule has 0 radical (unpaired) electrons. The van der Waals surface area contributed by atoms with Gasteiger partial charge in [0, 0.05) is 24.0 Å². The minimum absolute atomic E-state index is 0.249. The van der Waals surface area contributed by atoms with Gasteiger partial charge in [-0.05, 0) is 24.3 Å². The number of nitrogens with two attached hydrogens (primary N) is 1. The van der Waals surface area contributed by atoms with E-state index in [1.807, 2.05) is 0 Å². The van der Waals surface area contributed by atoms with Crippen LogP contribution in [0.15, 0.2) is 30.5 Å². The zero-order valence-corrected chi connectivity index (χ0v) is 7.57. The van der Waals surface area contributed by atoms with Crippen LogP contribution < -0.4 is 5.73 Å². The Morgan fingerprint density at radius 1 is 1.29 bits per heavy atom. The molecule has 14 heavy (non-hydrogen) atoms. The van der Waals surface area contributed by atoms with Gasteiger partial charge >= 0.3 is 0 Å². The highest BCUT2D eigenvalue weighted by molar-refractivity contribution is 5.56. The molecule has 0 fully saturated rings. The number of aromatic hydroxyl groups is 1. The number of aromatic amines is 1. The van der Waals surface area contributed by atoms with Crippen molar-refractivity contribution in [1.82, 2.24) is 9.97 Å². The van der Waals surface area contributed by atoms with Crippen LogP contribution in [0.4, 0.5) is 0 Å². The quantitative estimate of drug-likeness (QED) is 0.665. The van der Waals surface area contributed by atoms with Crippen molar-refractivity contribution in [1.29, 1.82) is 0 Å². The predicted octanol–water partition coefficient (Wildman–Crippen LogP) is 1.24. The molecule has 1 heterocycles. The third-order valence-corrected chi connectivity index (χ3v) is 1.99. The van der Waals surface area contributed by atoms with Crippen LogP contribution in [-0.2, 0) is 6.54 Å². The van der Waals surface area contributed by atoms with Gasteiger partial charge in [0.1, 0.15) is 11.6 Å². The minimum Gasteiger partial charge on any atom is -0.508 e. The highest BCUT2D eigenvalue weighted by atomic mass is 16.3. The summed E-state index contributed by atoms with van der Waals surface area (Å²) in [7, 11) is 0. The Balaban J connectivity index is 2.34. The molecule has 2 aromatic rings. The van der Waals surface area contributed by atoms with Crippen molar-refractivity contribution < 1.29 is 5.11 Å². The average Bonchev–Trinajstić information content (AvgIpc) is 2.67. The van der Waals surface area contributed by atoms with Gasteiger partial charge in [0.05, 0.1) is 0 Å². The Hall–Kier alpha value is -1.81. The third-order valence-electron chi connectivity index (χ3n) is 1.99. The fourth-order valence-electron chi connectivity index (χ4n) is 1.23. The predicted molar refractivity (Wildman–Crippen MR) is 53.6 cm³/mol. The number of imidazole rings is 1. The van der Waals surface area contributed by atoms with Gasteiger partial charge in [-0.15, -0.1) is 0 Å². The molecule has 0 unspecified atom stereocenters. The summed E-state index contributed by atoms with van der Waals surface area (Å²) < 4.78 is 0. The molecular weight excluding hydrogens is 178 g/mol. The summed E-state index contributed by atoms with van der Waals surface area (Å²) in [5.74, 6) is 1.02. The molecule has 1 aromatic heterocycles. The van der Waals surface area contributed by atoms with E-state index < -0.39 is 0 Å². The number of rotatable bonds is 2. The summed E-state index contributed by atoms with van der Waals surface area (Å²) in [4.78, 5) is 7.25. The topological polar surface area (TPSA) is 74.9 Å². The van der Waals surface area contributed by atoms with E-state index >= 15 is 0 Å². The second-order valence-corrected chi connectivity index (χ2v) is 3.01. The molecule has 0 amide bonds. The van der Waals surface area contributed by atoms with Gasteiger partial charge in [0.15, 0.2) is 0 Å². The number of hydrogen-bond acceptors (Lipinski definition) is 3. The minimum atomic E-state index is 0.249. The molecular formula is C10H11N3O. The van der Waals surface area contributed by atoms with Crippen LogP contribution in [0.2, 0.25) is 0 Å². The molecule has 0 aliphatic carbocycles. The number of nitrogens with one attached hydrogen (secondary N) is 1. The molecule has 0 bridgehead atoms. The first-order valence-electron chi connectivity index (χ1n) is 4.33. The molecule has 2 rings (SSSR count). The lowest BCUT2D eigenvalue weighted by Crippen LogP contribution is -1.95. The first-order chi connectivity index (χ1) is 6.79. The second-order valence-electron chi connectivity index (χ2n) is 3.01. The van der Waals surface area contributed by atoms with Gasteiger partial charge in [-0.1, -0.05) is 0 Å². The zero-order valence-electron chi connectivity index (χ0n) is 7.57. The third kappa shape index (κ3) is 1.60. The Morgan fingerprint density at radius 2 is 2.00 bits per heavy atom. The molecule has 0 saturated carbocycles. The van der Waals surface area contributed by atoms with E-state index in [2.05, 4.69) is 9.97 Å². The molecule has 4 N–H and O–H groups in total. The molecule has 0 aliphatic heterocycles. The standard InChI is InChI=1S/C10H11N3O/c11-5-8-6-12-10(13-8)7-1-3-9(14)4-2-7/h1-4,6,14H,5,11H2,(H,12,13). The lowest BCUT2D eigenvalue weighted by Gasteiger charge is -1.96. The van der Waals surface area contributed by atoms with E-state index in [9.17, 15) is 0 Å². The van der Waals surface area contributed by atoms with Crippen molar-refractivity contribution in [2.45, 2.75) is 6.54 Å². The summed E-state index contributed by atoms with van der Waals surface area (Å²) >= 11 is 0. The summed E-state index contributed by atoms with van der Waals surface area (Å²) in [5.41, 5.74) is 7.28. The van der Waals surface area contributed by atoms with E-state index in [-0.39, 0.29) is 5.75 Å². The smallest absolute Gasteiger partial charge is 0.137 e. The lowest BCUT2D eigenvalue weighted by molar-refractivity contribution is 0.475. The highest BCUT2D eigenvalue weighted by Crippen LogP contribution is 2.18. The van der Waals surface area contributed by atoms with Crippen molar-refractivity contribution in [2.24, 2.45) is 5.73 Å². The van der Waals surface area contributed by atoms with Gasteiger partial charge in [-0.3, -0.25) is 0 Å². The number of H-pyrrole nitrogens is 1. The zero-order chi connectivity index (χ0) is 9.97. The van der Waals surface area contributed by atoms with Crippen LogP contribution in [0.5, 0.6) is 5.75 Å². The summed E-state index contributed by atoms with van der Waals surface area (Å²) in [6.45, 7) is 0.449. The van der Waals surface area contributed by atoms with E-state index in [1.165, 1.54) is 0 Å². The number of nitrogens with zero attached hydrogens (tertiary/aromatic N) is 1. The molecule has 0 atom stereocenters. The van der Waals surface area contributed by atoms with Crippen molar-refractivity contribution in [3.8, 4) is 17.1 Å². The summed E-state index contributed by atoms with van der Waals surface area (Å²) in [5, 5.41) is 9.10. The van der Waals surface area contributed by atoms with Crippen molar-refractivity contribution >= 4 is 0 Å². The largest absolute Gasteiger partial charge is 0.508 e. The van der Waals surface area contributed by atoms with Crippen LogP contribution in [0.3, 0.4) is 0 Å². The normalized spacial score (nSPS) is 10.4. The Morgan fingerprint density at radius 3 is 2.57 bits per heavy atom. The summed E-state index contributed by atoms with van der Waals surface area (Å²) in [6, 6.07) is 6.85. The van der Waals surface area contributed by atoms with Crippen molar-refractivity contribution in [3.05, 3.63) is 36.2 Å². The van der Waals surface area contributed by atoms with Crippen molar-refractivity contribution in [3.63, 3.8) is 0 Å². The molecule has 4 heteroatoms. The van der Waals surface area contributed by atoms with Crippen LogP contribution in [0.1, 0.15) is 5.69 Å². The maximum absolute atomic E-state index is 9.10. The van der Waals surface area contributed by atoms with E-state index in [0.717, 1.165) is 17.1 Å². The van der Waals surface area contributed by atoms with Crippen LogP contribution in [0, 0.1) is 0 Å². The molecule has 1 aromatic carbocycles. The fourth-order valence-corrected chi connectivity index (χ4v) is 1.23. The monoisotopic (exact) mass is 189 g/mol. The number of benzene rings is 1. The first kappa shape index (κ1) is 8.77. The number of aromatic nitrogens is 2. The van der Waals surface area contributed by atoms with Gasteiger partial charge in [0.2, 0.25) is 0 Å². The molecule has 4 nitrogen and oxygen atoms in total. The van der Waals surface area contributed by atoms with Crippen molar-refractivity contribution in [2.75, 3.05) is 0 Å². The molecule has 0 aliphatic rings. The highest BCUT2D eigenvalue weighted by Gasteiger charge is 2.01. The Labute approximate surface area is 81.4 Å². The Bertz CT molecular complexity index is 419. The first-order valence-corrected chi connectivity index (χ1v) is 4.33.